The molecule has 0 spiro atoms. The van der Waals surface area contributed by atoms with E-state index in [4.69, 9.17) is 10.5 Å². The van der Waals surface area contributed by atoms with Gasteiger partial charge in [-0.1, -0.05) is 0 Å². The minimum atomic E-state index is -1.49. The number of ether oxygens (including phenoxy) is 1. The predicted octanol–water partition coefficient (Wildman–Crippen LogP) is -2.70. The molecule has 1 saturated heterocycles. The smallest absolute Gasteiger partial charge is 0.271 e. The monoisotopic (exact) mass is 259 g/mol. The minimum Gasteiger partial charge on any atom is -0.492 e. The van der Waals surface area contributed by atoms with E-state index in [-0.39, 0.29) is 12.3 Å². The Balaban J connectivity index is 2.35. The van der Waals surface area contributed by atoms with Crippen molar-refractivity contribution in [2.45, 2.75) is 24.5 Å². The molecule has 1 aliphatic rings. The summed E-state index contributed by atoms with van der Waals surface area (Å²) in [4.78, 5) is 14.6. The van der Waals surface area contributed by atoms with Crippen molar-refractivity contribution < 1.29 is 30.0 Å². The lowest BCUT2D eigenvalue weighted by Gasteiger charge is -2.35. The zero-order valence-electron chi connectivity index (χ0n) is 9.17. The molecular weight excluding hydrogens is 246 g/mol. The van der Waals surface area contributed by atoms with Crippen molar-refractivity contribution in [3.63, 3.8) is 0 Å². The maximum atomic E-state index is 11.2. The van der Waals surface area contributed by atoms with Crippen LogP contribution in [0.5, 0.6) is 5.88 Å². The van der Waals surface area contributed by atoms with E-state index in [0.717, 1.165) is 10.9 Å². The van der Waals surface area contributed by atoms with E-state index in [1.165, 1.54) is 0 Å². The molecule has 1 aromatic rings. The minimum absolute atomic E-state index is 0.236. The molecule has 0 unspecified atom stereocenters. The van der Waals surface area contributed by atoms with E-state index in [0.29, 0.717) is 0 Å². The number of aliphatic hydroxyl groups excluding tert-OH is 3. The van der Waals surface area contributed by atoms with Crippen LogP contribution in [0.1, 0.15) is 16.7 Å². The highest BCUT2D eigenvalue weighted by atomic mass is 16.5. The van der Waals surface area contributed by atoms with Crippen LogP contribution >= 0.6 is 0 Å². The number of hydrogen-bond donors (Lipinski definition) is 5. The highest BCUT2D eigenvalue weighted by Crippen LogP contribution is 2.27. The molecule has 0 aromatic carbocycles. The molecule has 100 valence electrons. The first kappa shape index (κ1) is 12.8. The Kier molecular flexibility index (Phi) is 3.22. The van der Waals surface area contributed by atoms with E-state index in [1.54, 1.807) is 0 Å². The second-order valence-corrected chi connectivity index (χ2v) is 3.96. The first-order valence-electron chi connectivity index (χ1n) is 5.15. The Labute approximate surface area is 101 Å². The number of aromatic nitrogens is 2. The van der Waals surface area contributed by atoms with Crippen LogP contribution in [-0.4, -0.2) is 60.8 Å². The topological polar surface area (TPSA) is 151 Å². The fraction of sp³-hybridized carbons (Fsp3) is 0.556. The lowest BCUT2D eigenvalue weighted by atomic mass is 10.0. The van der Waals surface area contributed by atoms with Gasteiger partial charge in [0.1, 0.15) is 24.6 Å². The van der Waals surface area contributed by atoms with Gasteiger partial charge in [0.25, 0.3) is 5.91 Å². The number of aliphatic hydroxyl groups is 3. The lowest BCUT2D eigenvalue weighted by Crippen LogP contribution is -2.51. The second kappa shape index (κ2) is 4.53. The third-order valence-corrected chi connectivity index (χ3v) is 2.76. The van der Waals surface area contributed by atoms with Gasteiger partial charge in [0.05, 0.1) is 6.61 Å². The molecule has 2 rings (SSSR count). The van der Waals surface area contributed by atoms with Crippen molar-refractivity contribution in [3.05, 3.63) is 12.0 Å². The first-order chi connectivity index (χ1) is 8.43. The summed E-state index contributed by atoms with van der Waals surface area (Å²) in [5.74, 6) is -1.56. The van der Waals surface area contributed by atoms with Crippen molar-refractivity contribution in [2.75, 3.05) is 6.61 Å². The van der Waals surface area contributed by atoms with Crippen molar-refractivity contribution >= 4 is 5.91 Å². The molecule has 0 saturated carbocycles. The summed E-state index contributed by atoms with van der Waals surface area (Å²) >= 11 is 0. The van der Waals surface area contributed by atoms with Gasteiger partial charge in [-0.15, -0.1) is 0 Å². The Bertz CT molecular complexity index is 461. The third-order valence-electron chi connectivity index (χ3n) is 2.76. The number of aromatic hydroxyl groups is 1. The van der Waals surface area contributed by atoms with E-state index in [9.17, 15) is 25.2 Å². The summed E-state index contributed by atoms with van der Waals surface area (Å²) in [7, 11) is 0. The molecule has 0 aliphatic carbocycles. The third kappa shape index (κ3) is 1.93. The van der Waals surface area contributed by atoms with Gasteiger partial charge in [0.15, 0.2) is 11.9 Å². The number of carbonyl (C=O) groups is 1. The van der Waals surface area contributed by atoms with E-state index in [2.05, 4.69) is 4.98 Å². The molecule has 4 atom stereocenters. The van der Waals surface area contributed by atoms with Gasteiger partial charge in [0.2, 0.25) is 5.88 Å². The van der Waals surface area contributed by atoms with Crippen LogP contribution < -0.4 is 5.73 Å². The number of primary amides is 1. The number of carbonyl (C=O) groups excluding carboxylic acids is 1. The van der Waals surface area contributed by atoms with E-state index >= 15 is 0 Å². The Morgan fingerprint density at radius 3 is 2.72 bits per heavy atom. The highest BCUT2D eigenvalue weighted by molar-refractivity contribution is 5.93. The molecule has 9 heteroatoms. The summed E-state index contributed by atoms with van der Waals surface area (Å²) in [6, 6.07) is 0. The summed E-state index contributed by atoms with van der Waals surface area (Å²) < 4.78 is 6.12. The first-order valence-corrected chi connectivity index (χ1v) is 5.15. The average molecular weight is 259 g/mol. The molecule has 1 aromatic heterocycles. The van der Waals surface area contributed by atoms with Crippen molar-refractivity contribution in [2.24, 2.45) is 5.73 Å². The lowest BCUT2D eigenvalue weighted by molar-refractivity contribution is -0.211. The number of nitrogens with two attached hydrogens (primary N) is 1. The van der Waals surface area contributed by atoms with Crippen molar-refractivity contribution in [1.82, 2.24) is 9.55 Å². The van der Waals surface area contributed by atoms with Crippen LogP contribution in [0.2, 0.25) is 0 Å². The van der Waals surface area contributed by atoms with Crippen LogP contribution in [0, 0.1) is 0 Å². The van der Waals surface area contributed by atoms with Crippen LogP contribution in [0.25, 0.3) is 0 Å². The van der Waals surface area contributed by atoms with E-state index in [1.807, 2.05) is 0 Å². The number of nitrogens with zero attached hydrogens (tertiary/aromatic N) is 2. The molecular formula is C9H13N3O6. The quantitative estimate of drug-likeness (QED) is 0.387. The van der Waals surface area contributed by atoms with Gasteiger partial charge in [-0.25, -0.2) is 4.98 Å². The molecule has 6 N–H and O–H groups in total. The van der Waals surface area contributed by atoms with Crippen LogP contribution in [-0.2, 0) is 4.74 Å². The molecule has 1 fully saturated rings. The molecule has 1 amide bonds. The summed E-state index contributed by atoms with van der Waals surface area (Å²) in [6.07, 6.45) is -4.27. The van der Waals surface area contributed by atoms with Gasteiger partial charge >= 0.3 is 0 Å². The predicted molar refractivity (Wildman–Crippen MR) is 55.4 cm³/mol. The largest absolute Gasteiger partial charge is 0.492 e. The molecule has 0 radical (unpaired) electrons. The second-order valence-electron chi connectivity index (χ2n) is 3.96. The normalized spacial score (nSPS) is 32.4. The Hall–Kier alpha value is -1.68. The molecule has 2 heterocycles. The zero-order chi connectivity index (χ0) is 13.4. The number of imidazole rings is 1. The number of rotatable bonds is 2. The summed E-state index contributed by atoms with van der Waals surface area (Å²) in [5.41, 5.74) is 4.72. The van der Waals surface area contributed by atoms with Gasteiger partial charge in [-0.2, -0.15) is 0 Å². The van der Waals surface area contributed by atoms with Crippen LogP contribution in [0.15, 0.2) is 6.33 Å². The Morgan fingerprint density at radius 2 is 2.11 bits per heavy atom. The van der Waals surface area contributed by atoms with E-state index < -0.39 is 36.3 Å². The molecule has 0 bridgehead atoms. The Morgan fingerprint density at radius 1 is 1.44 bits per heavy atom. The van der Waals surface area contributed by atoms with Crippen molar-refractivity contribution in [3.8, 4) is 5.88 Å². The average Bonchev–Trinajstić information content (AvgIpc) is 2.68. The van der Waals surface area contributed by atoms with Gasteiger partial charge in [-0.05, 0) is 0 Å². The van der Waals surface area contributed by atoms with Crippen molar-refractivity contribution in [1.29, 1.82) is 0 Å². The molecule has 1 aliphatic heterocycles. The van der Waals surface area contributed by atoms with Crippen LogP contribution in [0.4, 0.5) is 0 Å². The van der Waals surface area contributed by atoms with Crippen LogP contribution in [0.3, 0.4) is 0 Å². The SMILES string of the molecule is NC(=O)c1c(O)ncn1[C@@H]1OC[C@@H](O)[C@@H](O)[C@H]1O. The molecule has 9 nitrogen and oxygen atoms in total. The standard InChI is InChI=1S/C9H13N3O6/c10-7(16)4-8(17)11-2-12(4)9-6(15)5(14)3(13)1-18-9/h2-3,5-6,9,13-15,17H,1H2,(H2,10,16)/t3-,5-,6-,9-/m1/s1. The fourth-order valence-corrected chi connectivity index (χ4v) is 1.82. The number of amides is 1. The van der Waals surface area contributed by atoms with Gasteiger partial charge in [0, 0.05) is 0 Å². The summed E-state index contributed by atoms with van der Waals surface area (Å²) in [5, 5.41) is 37.9. The fourth-order valence-electron chi connectivity index (χ4n) is 1.82. The number of hydrogen-bond acceptors (Lipinski definition) is 7. The van der Waals surface area contributed by atoms with Gasteiger partial charge < -0.3 is 30.9 Å². The zero-order valence-corrected chi connectivity index (χ0v) is 9.17. The maximum Gasteiger partial charge on any atom is 0.271 e. The summed E-state index contributed by atoms with van der Waals surface area (Å²) in [6.45, 7) is -0.236. The van der Waals surface area contributed by atoms with Gasteiger partial charge in [-0.3, -0.25) is 9.36 Å². The molecule has 18 heavy (non-hydrogen) atoms. The maximum absolute atomic E-state index is 11.2. The highest BCUT2D eigenvalue weighted by Gasteiger charge is 2.40.